The van der Waals surface area contributed by atoms with E-state index in [1.54, 1.807) is 12.1 Å². The number of carbonyl (C=O) groups excluding carboxylic acids is 1. The van der Waals surface area contributed by atoms with Gasteiger partial charge in [-0.1, -0.05) is 6.92 Å². The Bertz CT molecular complexity index is 385. The van der Waals surface area contributed by atoms with E-state index in [2.05, 4.69) is 4.98 Å². The minimum Gasteiger partial charge on any atom is -0.481 e. The number of hydrogen-bond acceptors (Lipinski definition) is 4. The van der Waals surface area contributed by atoms with Crippen LogP contribution in [0.25, 0.3) is 0 Å². The first-order valence-electron chi connectivity index (χ1n) is 4.80. The van der Waals surface area contributed by atoms with Gasteiger partial charge in [-0.2, -0.15) is 0 Å². The van der Waals surface area contributed by atoms with Crippen LogP contribution < -0.4 is 4.74 Å². The number of aromatic nitrogens is 1. The average Bonchev–Trinajstić information content (AvgIpc) is 2.28. The molecule has 1 aromatic rings. The van der Waals surface area contributed by atoms with Crippen molar-refractivity contribution in [1.82, 2.24) is 4.98 Å². The molecule has 0 aliphatic carbocycles. The summed E-state index contributed by atoms with van der Waals surface area (Å²) < 4.78 is 4.85. The quantitative estimate of drug-likeness (QED) is 0.763. The SMILES string of the molecule is COc1ccc(C(=O)CC(C)C(=O)O)cn1. The predicted molar refractivity (Wildman–Crippen MR) is 56.5 cm³/mol. The Kier molecular flexibility index (Phi) is 3.99. The number of methoxy groups -OCH3 is 1. The van der Waals surface area contributed by atoms with Crippen LogP contribution in [0, 0.1) is 5.92 Å². The van der Waals surface area contributed by atoms with Crippen molar-refractivity contribution in [1.29, 1.82) is 0 Å². The number of carboxylic acid groups (broad SMARTS) is 1. The van der Waals surface area contributed by atoms with Crippen molar-refractivity contribution in [3.63, 3.8) is 0 Å². The third kappa shape index (κ3) is 3.05. The molecule has 0 spiro atoms. The van der Waals surface area contributed by atoms with E-state index in [4.69, 9.17) is 9.84 Å². The minimum absolute atomic E-state index is 0.0245. The second-order valence-corrected chi connectivity index (χ2v) is 3.46. The van der Waals surface area contributed by atoms with Gasteiger partial charge in [-0.15, -0.1) is 0 Å². The number of rotatable bonds is 5. The van der Waals surface area contributed by atoms with E-state index in [9.17, 15) is 9.59 Å². The van der Waals surface area contributed by atoms with Gasteiger partial charge in [0, 0.05) is 24.2 Å². The number of aliphatic carboxylic acids is 1. The Morgan fingerprint density at radius 3 is 2.62 bits per heavy atom. The fourth-order valence-electron chi connectivity index (χ4n) is 1.15. The monoisotopic (exact) mass is 223 g/mol. The molecule has 0 bridgehead atoms. The van der Waals surface area contributed by atoms with E-state index in [1.807, 2.05) is 0 Å². The molecule has 0 aliphatic heterocycles. The third-order valence-electron chi connectivity index (χ3n) is 2.18. The van der Waals surface area contributed by atoms with Crippen LogP contribution in [0.2, 0.25) is 0 Å². The van der Waals surface area contributed by atoms with Gasteiger partial charge in [0.25, 0.3) is 0 Å². The zero-order chi connectivity index (χ0) is 12.1. The molecule has 1 aromatic heterocycles. The van der Waals surface area contributed by atoms with Crippen LogP contribution in [0.1, 0.15) is 23.7 Å². The summed E-state index contributed by atoms with van der Waals surface area (Å²) in [4.78, 5) is 26.1. The maximum absolute atomic E-state index is 11.6. The molecule has 0 saturated carbocycles. The highest BCUT2D eigenvalue weighted by atomic mass is 16.5. The zero-order valence-electron chi connectivity index (χ0n) is 9.14. The molecule has 5 heteroatoms. The van der Waals surface area contributed by atoms with Crippen LogP contribution in [-0.4, -0.2) is 29.0 Å². The number of carbonyl (C=O) groups is 2. The van der Waals surface area contributed by atoms with Crippen molar-refractivity contribution in [3.8, 4) is 5.88 Å². The second kappa shape index (κ2) is 5.25. The van der Waals surface area contributed by atoms with Gasteiger partial charge in [0.1, 0.15) is 0 Å². The summed E-state index contributed by atoms with van der Waals surface area (Å²) in [5.41, 5.74) is 0.397. The molecule has 1 heterocycles. The highest BCUT2D eigenvalue weighted by molar-refractivity contribution is 5.97. The first-order chi connectivity index (χ1) is 7.54. The molecule has 86 valence electrons. The van der Waals surface area contributed by atoms with Crippen molar-refractivity contribution in [3.05, 3.63) is 23.9 Å². The molecular formula is C11H13NO4. The van der Waals surface area contributed by atoms with Crippen LogP contribution in [0.15, 0.2) is 18.3 Å². The van der Waals surface area contributed by atoms with Crippen LogP contribution >= 0.6 is 0 Å². The molecule has 0 saturated heterocycles. The first kappa shape index (κ1) is 12.2. The van der Waals surface area contributed by atoms with E-state index in [-0.39, 0.29) is 12.2 Å². The van der Waals surface area contributed by atoms with Crippen LogP contribution in [-0.2, 0) is 4.79 Å². The lowest BCUT2D eigenvalue weighted by Crippen LogP contribution is -2.14. The lowest BCUT2D eigenvalue weighted by molar-refractivity contribution is -0.141. The number of ether oxygens (including phenoxy) is 1. The second-order valence-electron chi connectivity index (χ2n) is 3.46. The van der Waals surface area contributed by atoms with Gasteiger partial charge < -0.3 is 9.84 Å². The molecule has 0 radical (unpaired) electrons. The van der Waals surface area contributed by atoms with E-state index in [1.165, 1.54) is 20.2 Å². The summed E-state index contributed by atoms with van der Waals surface area (Å²) in [6.07, 6.45) is 1.36. The van der Waals surface area contributed by atoms with Gasteiger partial charge in [-0.3, -0.25) is 9.59 Å². The topological polar surface area (TPSA) is 76.5 Å². The van der Waals surface area contributed by atoms with E-state index >= 15 is 0 Å². The highest BCUT2D eigenvalue weighted by Gasteiger charge is 2.17. The summed E-state index contributed by atoms with van der Waals surface area (Å²) in [5, 5.41) is 8.67. The predicted octanol–water partition coefficient (Wildman–Crippen LogP) is 1.38. The summed E-state index contributed by atoms with van der Waals surface area (Å²) >= 11 is 0. The van der Waals surface area contributed by atoms with Gasteiger partial charge in [-0.05, 0) is 6.07 Å². The van der Waals surface area contributed by atoms with Crippen LogP contribution in [0.4, 0.5) is 0 Å². The highest BCUT2D eigenvalue weighted by Crippen LogP contribution is 2.12. The summed E-state index contributed by atoms with van der Waals surface area (Å²) in [5.74, 6) is -1.47. The summed E-state index contributed by atoms with van der Waals surface area (Å²) in [6, 6.07) is 3.14. The van der Waals surface area contributed by atoms with Crippen molar-refractivity contribution < 1.29 is 19.4 Å². The average molecular weight is 223 g/mol. The fraction of sp³-hybridized carbons (Fsp3) is 0.364. The van der Waals surface area contributed by atoms with Gasteiger partial charge in [-0.25, -0.2) is 4.98 Å². The molecule has 1 unspecified atom stereocenters. The smallest absolute Gasteiger partial charge is 0.306 e. The Labute approximate surface area is 93.1 Å². The normalized spacial score (nSPS) is 11.9. The Balaban J connectivity index is 2.69. The number of Topliss-reactive ketones (excluding diaryl/α,β-unsaturated/α-hetero) is 1. The molecule has 1 atom stereocenters. The molecule has 5 nitrogen and oxygen atoms in total. The van der Waals surface area contributed by atoms with Crippen LogP contribution in [0.5, 0.6) is 5.88 Å². The summed E-state index contributed by atoms with van der Waals surface area (Å²) in [7, 11) is 1.48. The first-order valence-corrected chi connectivity index (χ1v) is 4.80. The molecule has 0 aliphatic rings. The zero-order valence-corrected chi connectivity index (χ0v) is 9.14. The van der Waals surface area contributed by atoms with E-state index < -0.39 is 11.9 Å². The number of carboxylic acids is 1. The lowest BCUT2D eigenvalue weighted by Gasteiger charge is -2.05. The Morgan fingerprint density at radius 1 is 1.50 bits per heavy atom. The number of hydrogen-bond donors (Lipinski definition) is 1. The largest absolute Gasteiger partial charge is 0.481 e. The van der Waals surface area contributed by atoms with Crippen molar-refractivity contribution in [2.75, 3.05) is 7.11 Å². The minimum atomic E-state index is -0.977. The molecule has 0 amide bonds. The number of pyridine rings is 1. The maximum atomic E-state index is 11.6. The Hall–Kier alpha value is -1.91. The molecule has 1 rings (SSSR count). The molecule has 1 N–H and O–H groups in total. The van der Waals surface area contributed by atoms with Gasteiger partial charge in [0.15, 0.2) is 5.78 Å². The van der Waals surface area contributed by atoms with Gasteiger partial charge in [0.2, 0.25) is 5.88 Å². The maximum Gasteiger partial charge on any atom is 0.306 e. The van der Waals surface area contributed by atoms with Gasteiger partial charge in [0.05, 0.1) is 13.0 Å². The number of ketones is 1. The van der Waals surface area contributed by atoms with Crippen molar-refractivity contribution in [2.24, 2.45) is 5.92 Å². The van der Waals surface area contributed by atoms with E-state index in [0.717, 1.165) is 0 Å². The van der Waals surface area contributed by atoms with E-state index in [0.29, 0.717) is 11.4 Å². The third-order valence-corrected chi connectivity index (χ3v) is 2.18. The van der Waals surface area contributed by atoms with Gasteiger partial charge >= 0.3 is 5.97 Å². The van der Waals surface area contributed by atoms with Crippen molar-refractivity contribution in [2.45, 2.75) is 13.3 Å². The molecule has 0 fully saturated rings. The fourth-order valence-corrected chi connectivity index (χ4v) is 1.15. The lowest BCUT2D eigenvalue weighted by atomic mass is 10.0. The van der Waals surface area contributed by atoms with Crippen molar-refractivity contribution >= 4 is 11.8 Å². The standard InChI is InChI=1S/C11H13NO4/c1-7(11(14)15)5-9(13)8-3-4-10(16-2)12-6-8/h3-4,6-7H,5H2,1-2H3,(H,14,15). The number of nitrogens with zero attached hydrogens (tertiary/aromatic N) is 1. The molecule has 16 heavy (non-hydrogen) atoms. The molecule has 0 aromatic carbocycles. The molecular weight excluding hydrogens is 210 g/mol. The summed E-state index contributed by atoms with van der Waals surface area (Å²) in [6.45, 7) is 1.50. The van der Waals surface area contributed by atoms with Crippen LogP contribution in [0.3, 0.4) is 0 Å². The Morgan fingerprint density at radius 2 is 2.19 bits per heavy atom.